The van der Waals surface area contributed by atoms with Crippen molar-refractivity contribution in [2.45, 2.75) is 32.1 Å². The largest absolute Gasteiger partial charge is 0.434 e. The summed E-state index contributed by atoms with van der Waals surface area (Å²) in [6, 6.07) is 0. The molecule has 1 atom stereocenters. The van der Waals surface area contributed by atoms with Gasteiger partial charge in [-0.25, -0.2) is 15.0 Å². The SMILES string of the molecule is FC(F)(F)c1cn2c(n1)CC[C@@H](CNCc1cnc(N3CCOCC3)nc1)C2. The second kappa shape index (κ2) is 8.04. The molecule has 2 aromatic heterocycles. The Morgan fingerprint density at radius 3 is 2.64 bits per heavy atom. The second-order valence-electron chi connectivity index (χ2n) is 7.22. The lowest BCUT2D eigenvalue weighted by Gasteiger charge is -2.26. The number of alkyl halides is 3. The van der Waals surface area contributed by atoms with E-state index in [1.165, 1.54) is 0 Å². The van der Waals surface area contributed by atoms with Gasteiger partial charge in [-0.3, -0.25) is 0 Å². The molecule has 152 valence electrons. The second-order valence-corrected chi connectivity index (χ2v) is 7.22. The van der Waals surface area contributed by atoms with Crippen molar-refractivity contribution in [2.24, 2.45) is 5.92 Å². The standard InChI is InChI=1S/C18H23F3N6O/c19-18(20,21)15-12-27-11-13(1-2-16(27)25-15)7-22-8-14-9-23-17(24-10-14)26-3-5-28-6-4-26/h9-10,12-13,22H,1-8,11H2/t13-/m0/s1. The van der Waals surface area contributed by atoms with Gasteiger partial charge in [0.1, 0.15) is 5.82 Å². The van der Waals surface area contributed by atoms with Crippen LogP contribution in [0.4, 0.5) is 19.1 Å². The van der Waals surface area contributed by atoms with Gasteiger partial charge in [0.15, 0.2) is 5.69 Å². The third-order valence-corrected chi connectivity index (χ3v) is 5.13. The van der Waals surface area contributed by atoms with Crippen molar-refractivity contribution in [3.8, 4) is 0 Å². The van der Waals surface area contributed by atoms with Gasteiger partial charge in [-0.05, 0) is 18.9 Å². The molecule has 1 saturated heterocycles. The fraction of sp³-hybridized carbons (Fsp3) is 0.611. The lowest BCUT2D eigenvalue weighted by atomic mass is 9.99. The highest BCUT2D eigenvalue weighted by Gasteiger charge is 2.35. The number of hydrogen-bond acceptors (Lipinski definition) is 6. The maximum Gasteiger partial charge on any atom is 0.434 e. The van der Waals surface area contributed by atoms with E-state index < -0.39 is 11.9 Å². The number of anilines is 1. The zero-order valence-electron chi connectivity index (χ0n) is 15.5. The highest BCUT2D eigenvalue weighted by Crippen LogP contribution is 2.30. The van der Waals surface area contributed by atoms with Crippen molar-refractivity contribution in [3.05, 3.63) is 35.7 Å². The molecule has 4 heterocycles. The molecule has 10 heteroatoms. The zero-order valence-corrected chi connectivity index (χ0v) is 15.5. The van der Waals surface area contributed by atoms with Gasteiger partial charge >= 0.3 is 6.18 Å². The number of halogens is 3. The van der Waals surface area contributed by atoms with E-state index in [0.29, 0.717) is 44.5 Å². The van der Waals surface area contributed by atoms with Gasteiger partial charge in [0.2, 0.25) is 5.95 Å². The van der Waals surface area contributed by atoms with Crippen LogP contribution in [0, 0.1) is 5.92 Å². The van der Waals surface area contributed by atoms with Gasteiger partial charge in [-0.15, -0.1) is 0 Å². The maximum absolute atomic E-state index is 12.8. The van der Waals surface area contributed by atoms with Crippen LogP contribution in [0.25, 0.3) is 0 Å². The van der Waals surface area contributed by atoms with Crippen LogP contribution < -0.4 is 10.2 Å². The van der Waals surface area contributed by atoms with E-state index >= 15 is 0 Å². The third-order valence-electron chi connectivity index (χ3n) is 5.13. The van der Waals surface area contributed by atoms with E-state index in [0.717, 1.165) is 37.8 Å². The fourth-order valence-electron chi connectivity index (χ4n) is 3.60. The summed E-state index contributed by atoms with van der Waals surface area (Å²) in [6.07, 6.45) is 1.77. The van der Waals surface area contributed by atoms with Crippen molar-refractivity contribution in [2.75, 3.05) is 37.7 Å². The summed E-state index contributed by atoms with van der Waals surface area (Å²) in [7, 11) is 0. The Balaban J connectivity index is 1.26. The van der Waals surface area contributed by atoms with Gasteiger partial charge in [-0.1, -0.05) is 0 Å². The molecule has 0 aromatic carbocycles. The molecule has 1 fully saturated rings. The van der Waals surface area contributed by atoms with Crippen LogP contribution in [-0.4, -0.2) is 52.4 Å². The van der Waals surface area contributed by atoms with Crippen LogP contribution in [0.2, 0.25) is 0 Å². The molecule has 0 saturated carbocycles. The van der Waals surface area contributed by atoms with Gasteiger partial charge in [-0.2, -0.15) is 13.2 Å². The molecule has 0 radical (unpaired) electrons. The number of aryl methyl sites for hydroxylation is 1. The number of nitrogens with one attached hydrogen (secondary N) is 1. The third kappa shape index (κ3) is 4.44. The number of nitrogens with zero attached hydrogens (tertiary/aromatic N) is 5. The van der Waals surface area contributed by atoms with E-state index in [1.54, 1.807) is 4.57 Å². The van der Waals surface area contributed by atoms with Crippen molar-refractivity contribution in [3.63, 3.8) is 0 Å². The molecule has 2 aliphatic rings. The minimum Gasteiger partial charge on any atom is -0.378 e. The number of ether oxygens (including phenoxy) is 1. The van der Waals surface area contributed by atoms with Crippen molar-refractivity contribution >= 4 is 5.95 Å². The summed E-state index contributed by atoms with van der Waals surface area (Å²) >= 11 is 0. The normalized spacial score (nSPS) is 20.2. The van der Waals surface area contributed by atoms with Gasteiger partial charge in [0.05, 0.1) is 13.2 Å². The van der Waals surface area contributed by atoms with Crippen LogP contribution in [0.5, 0.6) is 0 Å². The lowest BCUT2D eigenvalue weighted by molar-refractivity contribution is -0.141. The predicted octanol–water partition coefficient (Wildman–Crippen LogP) is 1.88. The molecule has 4 rings (SSSR count). The molecule has 0 spiro atoms. The zero-order chi connectivity index (χ0) is 19.6. The highest BCUT2D eigenvalue weighted by atomic mass is 19.4. The fourth-order valence-corrected chi connectivity index (χ4v) is 3.60. The molecule has 2 aliphatic heterocycles. The van der Waals surface area contributed by atoms with Crippen LogP contribution in [-0.2, 0) is 30.4 Å². The molecule has 0 amide bonds. The van der Waals surface area contributed by atoms with Gasteiger partial charge in [0, 0.05) is 56.8 Å². The maximum atomic E-state index is 12.8. The Bertz CT molecular complexity index is 786. The summed E-state index contributed by atoms with van der Waals surface area (Å²) < 4.78 is 45.4. The number of hydrogen-bond donors (Lipinski definition) is 1. The average molecular weight is 396 g/mol. The first-order chi connectivity index (χ1) is 13.5. The van der Waals surface area contributed by atoms with Crippen LogP contribution in [0.3, 0.4) is 0 Å². The molecule has 1 N–H and O–H groups in total. The minimum atomic E-state index is -4.38. The Kier molecular flexibility index (Phi) is 5.49. The van der Waals surface area contributed by atoms with Crippen LogP contribution >= 0.6 is 0 Å². The number of imidazole rings is 1. The Hall–Kier alpha value is -2.20. The van der Waals surface area contributed by atoms with E-state index in [9.17, 15) is 13.2 Å². The summed E-state index contributed by atoms with van der Waals surface area (Å²) in [5, 5.41) is 3.37. The summed E-state index contributed by atoms with van der Waals surface area (Å²) in [4.78, 5) is 14.7. The van der Waals surface area contributed by atoms with Crippen molar-refractivity contribution in [1.29, 1.82) is 0 Å². The molecule has 2 aromatic rings. The van der Waals surface area contributed by atoms with E-state index in [1.807, 2.05) is 12.4 Å². The lowest BCUT2D eigenvalue weighted by Crippen LogP contribution is -2.37. The molecule has 0 unspecified atom stereocenters. The first kappa shape index (κ1) is 19.1. The molecule has 0 bridgehead atoms. The first-order valence-corrected chi connectivity index (χ1v) is 9.46. The Labute approximate surface area is 160 Å². The monoisotopic (exact) mass is 396 g/mol. The first-order valence-electron chi connectivity index (χ1n) is 9.46. The molecule has 7 nitrogen and oxygen atoms in total. The summed E-state index contributed by atoms with van der Waals surface area (Å²) in [5.41, 5.74) is 0.184. The number of rotatable bonds is 5. The Morgan fingerprint density at radius 1 is 1.18 bits per heavy atom. The van der Waals surface area contributed by atoms with E-state index in [2.05, 4.69) is 25.2 Å². The molecule has 0 aliphatic carbocycles. The van der Waals surface area contributed by atoms with Crippen molar-refractivity contribution < 1.29 is 17.9 Å². The quantitative estimate of drug-likeness (QED) is 0.833. The summed E-state index contributed by atoms with van der Waals surface area (Å²) in [6.45, 7) is 4.89. The van der Waals surface area contributed by atoms with Crippen LogP contribution in [0.15, 0.2) is 18.6 Å². The summed E-state index contributed by atoms with van der Waals surface area (Å²) in [5.74, 6) is 1.51. The molecular weight excluding hydrogens is 373 g/mol. The van der Waals surface area contributed by atoms with Crippen molar-refractivity contribution in [1.82, 2.24) is 24.8 Å². The minimum absolute atomic E-state index is 0.274. The molecule has 28 heavy (non-hydrogen) atoms. The van der Waals surface area contributed by atoms with E-state index in [-0.39, 0.29) is 5.92 Å². The average Bonchev–Trinajstić information content (AvgIpc) is 3.13. The van der Waals surface area contributed by atoms with E-state index in [4.69, 9.17) is 4.74 Å². The highest BCUT2D eigenvalue weighted by molar-refractivity contribution is 5.30. The Morgan fingerprint density at radius 2 is 1.93 bits per heavy atom. The van der Waals surface area contributed by atoms with Gasteiger partial charge in [0.25, 0.3) is 0 Å². The number of morpholine rings is 1. The predicted molar refractivity (Wildman–Crippen MR) is 95.8 cm³/mol. The molecular formula is C18H23F3N6O. The number of aromatic nitrogens is 4. The topological polar surface area (TPSA) is 68.1 Å². The van der Waals surface area contributed by atoms with Gasteiger partial charge < -0.3 is 19.5 Å². The number of fused-ring (bicyclic) bond motifs is 1. The van der Waals surface area contributed by atoms with Crippen LogP contribution in [0.1, 0.15) is 23.5 Å². The smallest absolute Gasteiger partial charge is 0.378 e.